The molecular formula is C15H19NO5. The highest BCUT2D eigenvalue weighted by Gasteiger charge is 2.05. The van der Waals surface area contributed by atoms with E-state index < -0.39 is 18.4 Å². The Labute approximate surface area is 123 Å². The minimum absolute atomic E-state index is 0.412. The zero-order valence-electron chi connectivity index (χ0n) is 12.1. The molecule has 0 saturated heterocycles. The Hall–Kier alpha value is -2.50. The summed E-state index contributed by atoms with van der Waals surface area (Å²) in [6.07, 6.45) is 3.70. The summed E-state index contributed by atoms with van der Waals surface area (Å²) in [5, 5.41) is 10.7. The molecule has 0 atom stereocenters. The van der Waals surface area contributed by atoms with Crippen molar-refractivity contribution in [3.63, 3.8) is 0 Å². The van der Waals surface area contributed by atoms with E-state index in [1.165, 1.54) is 6.08 Å². The third kappa shape index (κ3) is 5.99. The first kappa shape index (κ1) is 16.6. The molecule has 0 aliphatic heterocycles. The number of carboxylic acids is 1. The van der Waals surface area contributed by atoms with E-state index in [-0.39, 0.29) is 0 Å². The molecule has 21 heavy (non-hydrogen) atoms. The molecule has 0 heterocycles. The average molecular weight is 293 g/mol. The van der Waals surface area contributed by atoms with Crippen LogP contribution < -0.4 is 14.8 Å². The van der Waals surface area contributed by atoms with Gasteiger partial charge in [-0.1, -0.05) is 6.92 Å². The van der Waals surface area contributed by atoms with Crippen LogP contribution in [0.4, 0.5) is 0 Å². The lowest BCUT2D eigenvalue weighted by Gasteiger charge is -2.10. The fraction of sp³-hybridized carbons (Fsp3) is 0.333. The summed E-state index contributed by atoms with van der Waals surface area (Å²) in [6, 6.07) is 5.27. The van der Waals surface area contributed by atoms with E-state index in [1.807, 2.05) is 6.92 Å². The Bertz CT molecular complexity index is 525. The predicted molar refractivity (Wildman–Crippen MR) is 78.5 cm³/mol. The summed E-state index contributed by atoms with van der Waals surface area (Å²) in [5.41, 5.74) is 0.717. The van der Waals surface area contributed by atoms with Crippen molar-refractivity contribution < 1.29 is 24.2 Å². The van der Waals surface area contributed by atoms with Crippen LogP contribution in [0.25, 0.3) is 6.08 Å². The number of carbonyl (C=O) groups excluding carboxylic acids is 1. The molecule has 114 valence electrons. The van der Waals surface area contributed by atoms with E-state index in [4.69, 9.17) is 14.6 Å². The normalized spacial score (nSPS) is 10.4. The van der Waals surface area contributed by atoms with Gasteiger partial charge in [0.25, 0.3) is 0 Å². The monoisotopic (exact) mass is 293 g/mol. The topological polar surface area (TPSA) is 84.9 Å². The fourth-order valence-corrected chi connectivity index (χ4v) is 1.50. The molecule has 0 spiro atoms. The van der Waals surface area contributed by atoms with Crippen molar-refractivity contribution in [1.29, 1.82) is 0 Å². The Morgan fingerprint density at radius 1 is 1.38 bits per heavy atom. The van der Waals surface area contributed by atoms with Gasteiger partial charge in [-0.3, -0.25) is 9.59 Å². The number of carbonyl (C=O) groups is 2. The van der Waals surface area contributed by atoms with E-state index in [0.29, 0.717) is 18.1 Å². The van der Waals surface area contributed by atoms with E-state index in [9.17, 15) is 9.59 Å². The maximum absolute atomic E-state index is 11.4. The van der Waals surface area contributed by atoms with Crippen molar-refractivity contribution in [3.05, 3.63) is 29.8 Å². The van der Waals surface area contributed by atoms with Crippen LogP contribution in [0.2, 0.25) is 0 Å². The van der Waals surface area contributed by atoms with E-state index in [0.717, 1.165) is 12.0 Å². The zero-order valence-corrected chi connectivity index (χ0v) is 12.1. The number of rotatable bonds is 8. The molecule has 0 aromatic heterocycles. The molecule has 0 radical (unpaired) electrons. The quantitative estimate of drug-likeness (QED) is 0.713. The summed E-state index contributed by atoms with van der Waals surface area (Å²) >= 11 is 0. The maximum Gasteiger partial charge on any atom is 0.322 e. The van der Waals surface area contributed by atoms with Gasteiger partial charge in [0.05, 0.1) is 13.7 Å². The number of benzene rings is 1. The maximum atomic E-state index is 11.4. The summed E-state index contributed by atoms with van der Waals surface area (Å²) in [5.74, 6) is -0.296. The molecule has 6 nitrogen and oxygen atoms in total. The molecule has 1 amide bonds. The average Bonchev–Trinajstić information content (AvgIpc) is 2.49. The molecular weight excluding hydrogens is 274 g/mol. The molecule has 1 aromatic rings. The van der Waals surface area contributed by atoms with Gasteiger partial charge in [-0.05, 0) is 24.6 Å². The second-order valence-electron chi connectivity index (χ2n) is 4.20. The zero-order chi connectivity index (χ0) is 15.7. The second-order valence-corrected chi connectivity index (χ2v) is 4.20. The Balaban J connectivity index is 2.80. The number of carboxylic acid groups (broad SMARTS) is 1. The number of aliphatic carboxylic acids is 1. The van der Waals surface area contributed by atoms with Crippen molar-refractivity contribution >= 4 is 18.0 Å². The number of hydrogen-bond acceptors (Lipinski definition) is 4. The standard InChI is InChI=1S/C15H19NO5/c1-3-8-21-13-9-12(20-2)6-4-11(13)5-7-14(17)16-10-15(18)19/h4-7,9H,3,8,10H2,1-2H3,(H,16,17)(H,18,19)/b7-5+. The summed E-state index contributed by atoms with van der Waals surface area (Å²) < 4.78 is 10.7. The van der Waals surface area contributed by atoms with Crippen LogP contribution in [-0.4, -0.2) is 37.2 Å². The first-order valence-electron chi connectivity index (χ1n) is 6.55. The highest BCUT2D eigenvalue weighted by atomic mass is 16.5. The Morgan fingerprint density at radius 2 is 2.14 bits per heavy atom. The number of methoxy groups -OCH3 is 1. The largest absolute Gasteiger partial charge is 0.497 e. The van der Waals surface area contributed by atoms with Crippen LogP contribution in [0.1, 0.15) is 18.9 Å². The van der Waals surface area contributed by atoms with Crippen LogP contribution >= 0.6 is 0 Å². The minimum Gasteiger partial charge on any atom is -0.497 e. The highest BCUT2D eigenvalue weighted by Crippen LogP contribution is 2.26. The molecule has 2 N–H and O–H groups in total. The lowest BCUT2D eigenvalue weighted by atomic mass is 10.1. The van der Waals surface area contributed by atoms with E-state index in [1.54, 1.807) is 31.4 Å². The lowest BCUT2D eigenvalue weighted by molar-refractivity contribution is -0.137. The molecule has 0 unspecified atom stereocenters. The molecule has 0 aliphatic rings. The molecule has 1 aromatic carbocycles. The van der Waals surface area contributed by atoms with Gasteiger partial charge in [0, 0.05) is 17.7 Å². The number of amides is 1. The minimum atomic E-state index is -1.09. The Kier molecular flexibility index (Phi) is 6.80. The smallest absolute Gasteiger partial charge is 0.322 e. The van der Waals surface area contributed by atoms with Crippen LogP contribution in [0.3, 0.4) is 0 Å². The van der Waals surface area contributed by atoms with Gasteiger partial charge in [-0.25, -0.2) is 0 Å². The predicted octanol–water partition coefficient (Wildman–Crippen LogP) is 1.70. The van der Waals surface area contributed by atoms with Gasteiger partial charge in [-0.2, -0.15) is 0 Å². The highest BCUT2D eigenvalue weighted by molar-refractivity contribution is 5.93. The Morgan fingerprint density at radius 3 is 2.76 bits per heavy atom. The van der Waals surface area contributed by atoms with Crippen molar-refractivity contribution in [2.75, 3.05) is 20.3 Å². The molecule has 1 rings (SSSR count). The number of ether oxygens (including phenoxy) is 2. The van der Waals surface area contributed by atoms with Crippen LogP contribution in [0, 0.1) is 0 Å². The van der Waals surface area contributed by atoms with E-state index >= 15 is 0 Å². The van der Waals surface area contributed by atoms with Gasteiger partial charge in [0.1, 0.15) is 18.0 Å². The van der Waals surface area contributed by atoms with Crippen molar-refractivity contribution in [1.82, 2.24) is 5.32 Å². The van der Waals surface area contributed by atoms with Gasteiger partial charge >= 0.3 is 5.97 Å². The molecule has 0 bridgehead atoms. The van der Waals surface area contributed by atoms with Gasteiger partial charge in [-0.15, -0.1) is 0 Å². The van der Waals surface area contributed by atoms with E-state index in [2.05, 4.69) is 5.32 Å². The first-order chi connectivity index (χ1) is 10.1. The van der Waals surface area contributed by atoms with Crippen molar-refractivity contribution in [3.8, 4) is 11.5 Å². The number of hydrogen-bond donors (Lipinski definition) is 2. The SMILES string of the molecule is CCCOc1cc(OC)ccc1/C=C/C(=O)NCC(=O)O. The second kappa shape index (κ2) is 8.63. The van der Waals surface area contributed by atoms with Crippen molar-refractivity contribution in [2.45, 2.75) is 13.3 Å². The fourth-order valence-electron chi connectivity index (χ4n) is 1.50. The molecule has 6 heteroatoms. The number of nitrogens with one attached hydrogen (secondary N) is 1. The molecule has 0 fully saturated rings. The summed E-state index contributed by atoms with van der Waals surface area (Å²) in [6.45, 7) is 2.14. The molecule has 0 aliphatic carbocycles. The third-order valence-corrected chi connectivity index (χ3v) is 2.51. The third-order valence-electron chi connectivity index (χ3n) is 2.51. The van der Waals surface area contributed by atoms with Crippen LogP contribution in [0.15, 0.2) is 24.3 Å². The first-order valence-corrected chi connectivity index (χ1v) is 6.55. The summed E-state index contributed by atoms with van der Waals surface area (Å²) in [7, 11) is 1.56. The molecule has 0 saturated carbocycles. The summed E-state index contributed by atoms with van der Waals surface area (Å²) in [4.78, 5) is 21.8. The van der Waals surface area contributed by atoms with Crippen molar-refractivity contribution in [2.24, 2.45) is 0 Å². The van der Waals surface area contributed by atoms with Crippen LogP contribution in [0.5, 0.6) is 11.5 Å². The van der Waals surface area contributed by atoms with Crippen LogP contribution in [-0.2, 0) is 9.59 Å². The lowest BCUT2D eigenvalue weighted by Crippen LogP contribution is -2.27. The van der Waals surface area contributed by atoms with Gasteiger partial charge in [0.2, 0.25) is 5.91 Å². The van der Waals surface area contributed by atoms with Gasteiger partial charge in [0.15, 0.2) is 0 Å². The van der Waals surface area contributed by atoms with Gasteiger partial charge < -0.3 is 19.9 Å².